The lowest BCUT2D eigenvalue weighted by Crippen LogP contribution is -2.29. The second kappa shape index (κ2) is 6.17. The minimum Gasteiger partial charge on any atom is -0.271 e. The van der Waals surface area contributed by atoms with Gasteiger partial charge in [0, 0.05) is 19.2 Å². The molecule has 1 aromatic heterocycles. The molecule has 18 heavy (non-hydrogen) atoms. The first-order chi connectivity index (χ1) is 8.60. The van der Waals surface area contributed by atoms with Gasteiger partial charge in [-0.15, -0.1) is 11.3 Å². The maximum Gasteiger partial charge on any atom is 0.0594 e. The van der Waals surface area contributed by atoms with Crippen LogP contribution in [-0.4, -0.2) is 0 Å². The Hall–Kier alpha value is -0.390. The van der Waals surface area contributed by atoms with Crippen LogP contribution in [0.15, 0.2) is 34.8 Å². The van der Waals surface area contributed by atoms with Crippen LogP contribution in [0, 0.1) is 6.92 Å². The topological polar surface area (TPSA) is 38.0 Å². The summed E-state index contributed by atoms with van der Waals surface area (Å²) in [6.07, 6.45) is 0.780. The van der Waals surface area contributed by atoms with Crippen molar-refractivity contribution >= 4 is 38.9 Å². The van der Waals surface area contributed by atoms with Crippen LogP contribution in [0.5, 0.6) is 0 Å². The molecule has 2 aromatic rings. The van der Waals surface area contributed by atoms with Crippen LogP contribution in [0.25, 0.3) is 0 Å². The Kier molecular flexibility index (Phi) is 4.81. The number of rotatable bonds is 4. The predicted molar refractivity (Wildman–Crippen MR) is 82.0 cm³/mol. The first-order valence-corrected chi connectivity index (χ1v) is 7.55. The Morgan fingerprint density at radius 2 is 2.17 bits per heavy atom. The summed E-state index contributed by atoms with van der Waals surface area (Å²) in [4.78, 5) is 2.51. The van der Waals surface area contributed by atoms with Crippen LogP contribution in [-0.2, 0) is 6.42 Å². The van der Waals surface area contributed by atoms with E-state index in [0.717, 1.165) is 21.5 Å². The largest absolute Gasteiger partial charge is 0.271 e. The normalized spacial score (nSPS) is 12.7. The third-order valence-electron chi connectivity index (χ3n) is 2.74. The van der Waals surface area contributed by atoms with Crippen molar-refractivity contribution < 1.29 is 0 Å². The van der Waals surface area contributed by atoms with Crippen LogP contribution in [0.4, 0.5) is 0 Å². The van der Waals surface area contributed by atoms with Gasteiger partial charge in [-0.1, -0.05) is 33.6 Å². The highest BCUT2D eigenvalue weighted by atomic mass is 79.9. The average Bonchev–Trinajstić information content (AvgIpc) is 2.75. The number of aryl methyl sites for hydroxylation is 1. The van der Waals surface area contributed by atoms with Gasteiger partial charge in [-0.25, -0.2) is 0 Å². The fourth-order valence-electron chi connectivity index (χ4n) is 1.79. The molecule has 1 unspecified atom stereocenters. The van der Waals surface area contributed by atoms with E-state index in [9.17, 15) is 0 Å². The summed E-state index contributed by atoms with van der Waals surface area (Å²) in [6.45, 7) is 2.09. The Morgan fingerprint density at radius 1 is 1.39 bits per heavy atom. The molecule has 1 aromatic carbocycles. The number of nitrogens with two attached hydrogens (primary N) is 1. The zero-order valence-corrected chi connectivity index (χ0v) is 13.1. The number of hydrazine groups is 1. The fraction of sp³-hybridized carbons (Fsp3) is 0.231. The fourth-order valence-corrected chi connectivity index (χ4v) is 3.48. The van der Waals surface area contributed by atoms with Crippen molar-refractivity contribution in [3.63, 3.8) is 0 Å². The van der Waals surface area contributed by atoms with Gasteiger partial charge in [0.05, 0.1) is 6.04 Å². The molecule has 2 rings (SSSR count). The van der Waals surface area contributed by atoms with Crippen molar-refractivity contribution in [2.24, 2.45) is 5.84 Å². The molecule has 0 saturated heterocycles. The van der Waals surface area contributed by atoms with E-state index in [-0.39, 0.29) is 6.04 Å². The zero-order valence-electron chi connectivity index (χ0n) is 9.91. The molecule has 0 aliphatic heterocycles. The van der Waals surface area contributed by atoms with Crippen molar-refractivity contribution in [2.45, 2.75) is 19.4 Å². The SMILES string of the molecule is Cc1ccc(C(Cc2ccc(Br)cc2Cl)NN)s1. The second-order valence-corrected chi connectivity index (χ2v) is 6.75. The van der Waals surface area contributed by atoms with Crippen molar-refractivity contribution in [3.8, 4) is 0 Å². The molecule has 0 radical (unpaired) electrons. The molecule has 3 N–H and O–H groups in total. The third kappa shape index (κ3) is 3.33. The van der Waals surface area contributed by atoms with E-state index in [1.54, 1.807) is 11.3 Å². The standard InChI is InChI=1S/C13H14BrClN2S/c1-8-2-5-13(18-8)12(17-16)6-9-3-4-10(14)7-11(9)15/h2-5,7,12,17H,6,16H2,1H3. The van der Waals surface area contributed by atoms with Gasteiger partial charge in [-0.2, -0.15) is 0 Å². The maximum atomic E-state index is 6.23. The molecule has 0 saturated carbocycles. The Bertz CT molecular complexity index is 542. The molecular formula is C13H14BrClN2S. The van der Waals surface area contributed by atoms with Crippen molar-refractivity contribution in [3.05, 3.63) is 55.1 Å². The van der Waals surface area contributed by atoms with E-state index in [0.29, 0.717) is 0 Å². The summed E-state index contributed by atoms with van der Waals surface area (Å²) < 4.78 is 0.987. The monoisotopic (exact) mass is 344 g/mol. The van der Waals surface area contributed by atoms with Crippen LogP contribution < -0.4 is 11.3 Å². The van der Waals surface area contributed by atoms with E-state index in [1.807, 2.05) is 18.2 Å². The van der Waals surface area contributed by atoms with Crippen LogP contribution in [0.1, 0.15) is 21.4 Å². The van der Waals surface area contributed by atoms with Crippen molar-refractivity contribution in [1.29, 1.82) is 0 Å². The van der Waals surface area contributed by atoms with E-state index in [2.05, 4.69) is 40.4 Å². The smallest absolute Gasteiger partial charge is 0.0594 e. The van der Waals surface area contributed by atoms with Gasteiger partial charge < -0.3 is 0 Å². The third-order valence-corrected chi connectivity index (χ3v) is 4.70. The summed E-state index contributed by atoms with van der Waals surface area (Å²) >= 11 is 11.4. The van der Waals surface area contributed by atoms with Crippen molar-refractivity contribution in [1.82, 2.24) is 5.43 Å². The van der Waals surface area contributed by atoms with E-state index >= 15 is 0 Å². The first-order valence-electron chi connectivity index (χ1n) is 5.56. The summed E-state index contributed by atoms with van der Waals surface area (Å²) in [5.41, 5.74) is 3.95. The Labute approximate surface area is 124 Å². The lowest BCUT2D eigenvalue weighted by atomic mass is 10.1. The molecule has 1 heterocycles. The molecular weight excluding hydrogens is 332 g/mol. The highest BCUT2D eigenvalue weighted by molar-refractivity contribution is 9.10. The summed E-state index contributed by atoms with van der Waals surface area (Å²) in [5, 5.41) is 0.762. The Morgan fingerprint density at radius 3 is 2.72 bits per heavy atom. The molecule has 1 atom stereocenters. The lowest BCUT2D eigenvalue weighted by molar-refractivity contribution is 0.560. The molecule has 0 fully saturated rings. The molecule has 0 aliphatic carbocycles. The quantitative estimate of drug-likeness (QED) is 0.643. The summed E-state index contributed by atoms with van der Waals surface area (Å²) in [6, 6.07) is 10.2. The second-order valence-electron chi connectivity index (χ2n) is 4.11. The van der Waals surface area contributed by atoms with E-state index in [4.69, 9.17) is 17.4 Å². The summed E-state index contributed by atoms with van der Waals surface area (Å²) in [5.74, 6) is 5.65. The van der Waals surface area contributed by atoms with Gasteiger partial charge in [-0.3, -0.25) is 11.3 Å². The lowest BCUT2D eigenvalue weighted by Gasteiger charge is -2.15. The van der Waals surface area contributed by atoms with Gasteiger partial charge in [0.25, 0.3) is 0 Å². The molecule has 96 valence electrons. The molecule has 0 amide bonds. The number of nitrogens with one attached hydrogen (secondary N) is 1. The highest BCUT2D eigenvalue weighted by Crippen LogP contribution is 2.29. The van der Waals surface area contributed by atoms with Crippen LogP contribution in [0.2, 0.25) is 5.02 Å². The average molecular weight is 346 g/mol. The number of thiophene rings is 1. The summed E-state index contributed by atoms with van der Waals surface area (Å²) in [7, 11) is 0. The van der Waals surface area contributed by atoms with Gasteiger partial charge in [0.15, 0.2) is 0 Å². The van der Waals surface area contributed by atoms with E-state index < -0.39 is 0 Å². The molecule has 0 bridgehead atoms. The minimum atomic E-state index is 0.0994. The van der Waals surface area contributed by atoms with Gasteiger partial charge in [0.1, 0.15) is 0 Å². The van der Waals surface area contributed by atoms with E-state index in [1.165, 1.54) is 9.75 Å². The molecule has 5 heteroatoms. The van der Waals surface area contributed by atoms with Crippen molar-refractivity contribution in [2.75, 3.05) is 0 Å². The predicted octanol–water partition coefficient (Wildman–Crippen LogP) is 4.22. The first kappa shape index (κ1) is 14.0. The highest BCUT2D eigenvalue weighted by Gasteiger charge is 2.14. The number of benzene rings is 1. The molecule has 0 spiro atoms. The Balaban J connectivity index is 2.20. The maximum absolute atomic E-state index is 6.23. The van der Waals surface area contributed by atoms with Crippen LogP contribution >= 0.6 is 38.9 Å². The van der Waals surface area contributed by atoms with Gasteiger partial charge in [-0.05, 0) is 43.2 Å². The molecule has 0 aliphatic rings. The zero-order chi connectivity index (χ0) is 13.1. The number of halogens is 2. The minimum absolute atomic E-state index is 0.0994. The molecule has 2 nitrogen and oxygen atoms in total. The number of hydrogen-bond acceptors (Lipinski definition) is 3. The number of hydrogen-bond donors (Lipinski definition) is 2. The van der Waals surface area contributed by atoms with Gasteiger partial charge in [0.2, 0.25) is 0 Å². The van der Waals surface area contributed by atoms with Crippen LogP contribution in [0.3, 0.4) is 0 Å². The van der Waals surface area contributed by atoms with Gasteiger partial charge >= 0.3 is 0 Å².